The quantitative estimate of drug-likeness (QED) is 0.741. The predicted octanol–water partition coefficient (Wildman–Crippen LogP) is 0.324. The fraction of sp³-hybridized carbons (Fsp3) is 0.625. The molecule has 1 amide bonds. The number of carbonyl (C=O) groups is 1. The van der Waals surface area contributed by atoms with Crippen LogP contribution in [-0.2, 0) is 19.6 Å². The summed E-state index contributed by atoms with van der Waals surface area (Å²) in [6, 6.07) is 3.42. The number of aryl methyl sites for hydroxylation is 1. The van der Waals surface area contributed by atoms with Crippen LogP contribution in [0.2, 0.25) is 0 Å². The van der Waals surface area contributed by atoms with E-state index in [1.165, 1.54) is 7.05 Å². The van der Waals surface area contributed by atoms with Crippen LogP contribution in [0, 0.1) is 6.92 Å². The van der Waals surface area contributed by atoms with Crippen molar-refractivity contribution in [1.29, 1.82) is 0 Å². The van der Waals surface area contributed by atoms with E-state index < -0.39 is 10.0 Å². The third kappa shape index (κ3) is 6.26. The van der Waals surface area contributed by atoms with Gasteiger partial charge in [-0.2, -0.15) is 0 Å². The highest BCUT2D eigenvalue weighted by atomic mass is 32.2. The van der Waals surface area contributed by atoms with Crippen molar-refractivity contribution in [2.24, 2.45) is 0 Å². The van der Waals surface area contributed by atoms with Crippen molar-refractivity contribution in [2.75, 3.05) is 33.1 Å². The smallest absolute Gasteiger partial charge is 0.221 e. The Morgan fingerprint density at radius 1 is 1.48 bits per heavy atom. The molecule has 1 aromatic heterocycles. The van der Waals surface area contributed by atoms with Crippen molar-refractivity contribution < 1.29 is 22.7 Å². The Labute approximate surface area is 148 Å². The number of amides is 1. The number of nitrogens with zero attached hydrogens (tertiary/aromatic N) is 2. The molecule has 0 saturated carbocycles. The van der Waals surface area contributed by atoms with Gasteiger partial charge in [-0.05, 0) is 19.1 Å². The van der Waals surface area contributed by atoms with Gasteiger partial charge in [-0.1, -0.05) is 0 Å². The fourth-order valence-corrected chi connectivity index (χ4v) is 2.82. The monoisotopic (exact) mass is 371 g/mol. The molecule has 1 saturated heterocycles. The van der Waals surface area contributed by atoms with Gasteiger partial charge in [0.25, 0.3) is 0 Å². The van der Waals surface area contributed by atoms with Crippen molar-refractivity contribution in [3.05, 3.63) is 24.0 Å². The molecule has 0 aliphatic carbocycles. The van der Waals surface area contributed by atoms with Crippen molar-refractivity contribution in [2.45, 2.75) is 31.9 Å². The van der Waals surface area contributed by atoms with E-state index in [1.54, 1.807) is 6.20 Å². The highest BCUT2D eigenvalue weighted by Gasteiger charge is 2.29. The topological polar surface area (TPSA) is 97.8 Å². The summed E-state index contributed by atoms with van der Waals surface area (Å²) in [4.78, 5) is 16.3. The Morgan fingerprint density at radius 3 is 2.88 bits per heavy atom. The van der Waals surface area contributed by atoms with Crippen molar-refractivity contribution in [3.63, 3.8) is 0 Å². The van der Waals surface area contributed by atoms with Crippen LogP contribution >= 0.6 is 0 Å². The number of aromatic nitrogens is 1. The summed E-state index contributed by atoms with van der Waals surface area (Å²) < 4.78 is 35.2. The highest BCUT2D eigenvalue weighted by Crippen LogP contribution is 2.18. The molecule has 1 N–H and O–H groups in total. The summed E-state index contributed by atoms with van der Waals surface area (Å²) in [6.07, 6.45) is 3.29. The molecule has 0 spiro atoms. The van der Waals surface area contributed by atoms with Gasteiger partial charge in [0, 0.05) is 32.1 Å². The van der Waals surface area contributed by atoms with E-state index in [1.807, 2.05) is 19.1 Å². The molecule has 0 radical (unpaired) electrons. The van der Waals surface area contributed by atoms with Gasteiger partial charge in [-0.25, -0.2) is 12.7 Å². The Kier molecular flexibility index (Phi) is 6.74. The first kappa shape index (κ1) is 19.6. The second-order valence-corrected chi connectivity index (χ2v) is 8.25. The fourth-order valence-electron chi connectivity index (χ4n) is 2.40. The lowest BCUT2D eigenvalue weighted by Gasteiger charge is -2.32. The number of hydrogen-bond acceptors (Lipinski definition) is 6. The number of nitrogens with one attached hydrogen (secondary N) is 1. The van der Waals surface area contributed by atoms with Crippen molar-refractivity contribution >= 4 is 15.9 Å². The predicted molar refractivity (Wildman–Crippen MR) is 92.8 cm³/mol. The van der Waals surface area contributed by atoms with Crippen molar-refractivity contribution in [3.8, 4) is 5.75 Å². The van der Waals surface area contributed by atoms with Crippen LogP contribution in [0.15, 0.2) is 18.3 Å². The number of rotatable bonds is 7. The van der Waals surface area contributed by atoms with E-state index in [9.17, 15) is 13.2 Å². The van der Waals surface area contributed by atoms with E-state index in [0.717, 1.165) is 16.3 Å². The third-order valence-corrected chi connectivity index (χ3v) is 5.35. The Balaban J connectivity index is 1.89. The molecule has 1 aliphatic rings. The van der Waals surface area contributed by atoms with Gasteiger partial charge in [0.2, 0.25) is 15.9 Å². The van der Waals surface area contributed by atoms with E-state index in [0.29, 0.717) is 25.4 Å². The molecule has 0 bridgehead atoms. The molecule has 25 heavy (non-hydrogen) atoms. The maximum atomic E-state index is 12.1. The normalized spacial score (nSPS) is 21.1. The first-order chi connectivity index (χ1) is 11.8. The largest absolute Gasteiger partial charge is 0.486 e. The summed E-state index contributed by atoms with van der Waals surface area (Å²) in [5.41, 5.74) is 0.902. The second-order valence-electron chi connectivity index (χ2n) is 6.16. The minimum absolute atomic E-state index is 0.0822. The van der Waals surface area contributed by atoms with Crippen LogP contribution in [0.3, 0.4) is 0 Å². The molecule has 1 fully saturated rings. The molecule has 0 unspecified atom stereocenters. The van der Waals surface area contributed by atoms with Gasteiger partial charge in [-0.15, -0.1) is 0 Å². The number of hydrogen-bond donors (Lipinski definition) is 1. The maximum Gasteiger partial charge on any atom is 0.221 e. The van der Waals surface area contributed by atoms with Gasteiger partial charge < -0.3 is 14.8 Å². The zero-order valence-electron chi connectivity index (χ0n) is 14.8. The van der Waals surface area contributed by atoms with Crippen LogP contribution in [0.25, 0.3) is 0 Å². The SMILES string of the molecule is Cc1ccc(O[C@H]2CCOC[C@H]2NC(=O)CCN(C)S(C)(=O)=O)cn1. The van der Waals surface area contributed by atoms with Gasteiger partial charge in [0.1, 0.15) is 11.9 Å². The van der Waals surface area contributed by atoms with E-state index in [2.05, 4.69) is 10.3 Å². The first-order valence-electron chi connectivity index (χ1n) is 8.13. The number of carbonyl (C=O) groups excluding carboxylic acids is 1. The van der Waals surface area contributed by atoms with E-state index in [4.69, 9.17) is 9.47 Å². The number of sulfonamides is 1. The lowest BCUT2D eigenvalue weighted by molar-refractivity contribution is -0.124. The summed E-state index contributed by atoms with van der Waals surface area (Å²) in [7, 11) is -1.84. The third-order valence-electron chi connectivity index (χ3n) is 4.03. The number of ether oxygens (including phenoxy) is 2. The van der Waals surface area contributed by atoms with Crippen LogP contribution in [-0.4, -0.2) is 68.8 Å². The Hall–Kier alpha value is -1.71. The lowest BCUT2D eigenvalue weighted by atomic mass is 10.1. The molecular formula is C16H25N3O5S. The van der Waals surface area contributed by atoms with E-state index in [-0.39, 0.29) is 31.0 Å². The summed E-state index contributed by atoms with van der Waals surface area (Å²) in [6.45, 7) is 2.95. The Bertz CT molecular complexity index is 678. The molecular weight excluding hydrogens is 346 g/mol. The van der Waals surface area contributed by atoms with Crippen LogP contribution in [0.1, 0.15) is 18.5 Å². The molecule has 2 rings (SSSR count). The van der Waals surface area contributed by atoms with Crippen molar-refractivity contribution in [1.82, 2.24) is 14.6 Å². The summed E-state index contributed by atoms with van der Waals surface area (Å²) in [5, 5.41) is 2.88. The lowest BCUT2D eigenvalue weighted by Crippen LogP contribution is -2.52. The van der Waals surface area contributed by atoms with Gasteiger partial charge >= 0.3 is 0 Å². The minimum Gasteiger partial charge on any atom is -0.486 e. The van der Waals surface area contributed by atoms with Gasteiger partial charge in [0.05, 0.1) is 31.7 Å². The maximum absolute atomic E-state index is 12.1. The average molecular weight is 371 g/mol. The average Bonchev–Trinajstić information content (AvgIpc) is 2.55. The zero-order chi connectivity index (χ0) is 18.4. The summed E-state index contributed by atoms with van der Waals surface area (Å²) >= 11 is 0. The Morgan fingerprint density at radius 2 is 2.24 bits per heavy atom. The standard InChI is InChI=1S/C16H25N3O5S/c1-12-4-5-13(10-17-12)24-15-7-9-23-11-14(15)18-16(20)6-8-19(2)25(3,21)22/h4-5,10,14-15H,6-9,11H2,1-3H3,(H,18,20)/t14-,15+/m1/s1. The molecule has 1 aromatic rings. The first-order valence-corrected chi connectivity index (χ1v) is 9.98. The molecule has 1 aliphatic heterocycles. The van der Waals surface area contributed by atoms with Gasteiger partial charge in [-0.3, -0.25) is 9.78 Å². The zero-order valence-corrected chi connectivity index (χ0v) is 15.6. The van der Waals surface area contributed by atoms with Crippen LogP contribution < -0.4 is 10.1 Å². The number of pyridine rings is 1. The molecule has 9 heteroatoms. The van der Waals surface area contributed by atoms with Gasteiger partial charge in [0.15, 0.2) is 0 Å². The molecule has 2 heterocycles. The molecule has 2 atom stereocenters. The minimum atomic E-state index is -3.29. The van der Waals surface area contributed by atoms with Crippen LogP contribution in [0.5, 0.6) is 5.75 Å². The second kappa shape index (κ2) is 8.59. The highest BCUT2D eigenvalue weighted by molar-refractivity contribution is 7.88. The van der Waals surface area contributed by atoms with E-state index >= 15 is 0 Å². The summed E-state index contributed by atoms with van der Waals surface area (Å²) in [5.74, 6) is 0.412. The molecule has 0 aromatic carbocycles. The molecule has 140 valence electrons. The molecule has 8 nitrogen and oxygen atoms in total. The van der Waals surface area contributed by atoms with Crippen LogP contribution in [0.4, 0.5) is 0 Å².